The minimum absolute atomic E-state index is 0.0150. The highest BCUT2D eigenvalue weighted by atomic mass is 16.7. The van der Waals surface area contributed by atoms with E-state index in [1.54, 1.807) is 13.8 Å². The largest absolute Gasteiger partial charge is 0.456 e. The molecule has 0 aromatic rings. The van der Waals surface area contributed by atoms with Gasteiger partial charge in [-0.25, -0.2) is 0 Å². The Morgan fingerprint density at radius 2 is 1.33 bits per heavy atom. The van der Waals surface area contributed by atoms with Crippen molar-refractivity contribution in [2.75, 3.05) is 6.61 Å². The number of allylic oxidation sites excluding steroid dienone is 2. The molecule has 15 nitrogen and oxygen atoms in total. The van der Waals surface area contributed by atoms with Crippen LogP contribution in [0.25, 0.3) is 0 Å². The van der Waals surface area contributed by atoms with Crippen molar-refractivity contribution in [3.05, 3.63) is 11.6 Å². The summed E-state index contributed by atoms with van der Waals surface area (Å²) in [7, 11) is 0. The first kappa shape index (κ1) is 46.8. The topological polar surface area (TPSA) is 228 Å². The standard InChI is InChI=1S/C46H72O15/c1-22-32(51)33(52)34(53)39(57-22)61-40(55)42(6)16-15-41(5)17-18-44(8)26(27(41)20-42)11-12-29-45(44,9)14-13-28-43(7,30(49)19-31(50)46(28,29)10)21-56-38-35(54)37(60-25(4)48)36(23(2)58-38)59-24(3)47/h11,22-23,27-39,49-54H,12-21H2,1-10H3/t22-,23-,27-,28-,29+,30-,31-,32-,33+,34+,35+,36-,37-,38+,39-,41+,42+,43-,44+,45+,46-/m0/s1. The maximum Gasteiger partial charge on any atom is 0.314 e. The highest BCUT2D eigenvalue weighted by Crippen LogP contribution is 2.76. The van der Waals surface area contributed by atoms with Gasteiger partial charge in [0, 0.05) is 31.1 Å². The first-order valence-corrected chi connectivity index (χ1v) is 22.5. The van der Waals surface area contributed by atoms with E-state index in [-0.39, 0.29) is 47.0 Å². The second-order valence-electron chi connectivity index (χ2n) is 21.6. The van der Waals surface area contributed by atoms with Crippen LogP contribution in [-0.2, 0) is 42.8 Å². The molecular weight excluding hydrogens is 792 g/mol. The van der Waals surface area contributed by atoms with E-state index in [2.05, 4.69) is 33.8 Å². The van der Waals surface area contributed by atoms with Gasteiger partial charge in [0.05, 0.1) is 36.4 Å². The third-order valence-corrected chi connectivity index (χ3v) is 18.2. The Labute approximate surface area is 359 Å². The number of hydrogen-bond donors (Lipinski definition) is 6. The van der Waals surface area contributed by atoms with Crippen molar-refractivity contribution in [1.82, 2.24) is 0 Å². The van der Waals surface area contributed by atoms with Crippen LogP contribution >= 0.6 is 0 Å². The molecule has 0 aromatic carbocycles. The number of esters is 3. The van der Waals surface area contributed by atoms with E-state index < -0.39 is 108 Å². The molecule has 4 saturated carbocycles. The second kappa shape index (κ2) is 16.0. The Kier molecular flexibility index (Phi) is 12.3. The second-order valence-corrected chi connectivity index (χ2v) is 21.6. The molecule has 0 bridgehead atoms. The number of carbonyl (C=O) groups is 3. The van der Waals surface area contributed by atoms with E-state index >= 15 is 0 Å². The average molecular weight is 865 g/mol. The highest BCUT2D eigenvalue weighted by molar-refractivity contribution is 5.77. The molecule has 0 spiro atoms. The third-order valence-electron chi connectivity index (χ3n) is 18.2. The summed E-state index contributed by atoms with van der Waals surface area (Å²) in [5, 5.41) is 66.7. The molecule has 61 heavy (non-hydrogen) atoms. The molecule has 21 atom stereocenters. The zero-order valence-electron chi connectivity index (χ0n) is 37.7. The molecule has 0 aromatic heterocycles. The van der Waals surface area contributed by atoms with Crippen LogP contribution in [0.3, 0.4) is 0 Å². The van der Waals surface area contributed by atoms with Gasteiger partial charge < -0.3 is 59.1 Å². The van der Waals surface area contributed by atoms with Crippen LogP contribution < -0.4 is 0 Å². The van der Waals surface area contributed by atoms with E-state index in [1.807, 2.05) is 13.8 Å². The summed E-state index contributed by atoms with van der Waals surface area (Å²) >= 11 is 0. The van der Waals surface area contributed by atoms with Crippen LogP contribution in [0.2, 0.25) is 0 Å². The summed E-state index contributed by atoms with van der Waals surface area (Å²) < 4.78 is 34.7. The Morgan fingerprint density at radius 3 is 1.98 bits per heavy atom. The maximum atomic E-state index is 14.1. The van der Waals surface area contributed by atoms with Crippen molar-refractivity contribution < 1.29 is 73.4 Å². The van der Waals surface area contributed by atoms with Gasteiger partial charge in [-0.1, -0.05) is 46.3 Å². The lowest BCUT2D eigenvalue weighted by atomic mass is 9.33. The van der Waals surface area contributed by atoms with Gasteiger partial charge in [0.25, 0.3) is 0 Å². The van der Waals surface area contributed by atoms with Crippen molar-refractivity contribution >= 4 is 17.9 Å². The first-order valence-electron chi connectivity index (χ1n) is 22.5. The summed E-state index contributed by atoms with van der Waals surface area (Å²) in [6.07, 6.45) is -5.55. The lowest BCUT2D eigenvalue weighted by molar-refractivity contribution is -0.316. The normalized spacial score (nSPS) is 53.2. The van der Waals surface area contributed by atoms with E-state index in [4.69, 9.17) is 28.4 Å². The molecule has 2 saturated heterocycles. The van der Waals surface area contributed by atoms with Crippen molar-refractivity contribution in [2.24, 2.45) is 50.2 Å². The zero-order chi connectivity index (χ0) is 45.0. The van der Waals surface area contributed by atoms with Crippen LogP contribution in [0, 0.1) is 50.2 Å². The fraction of sp³-hybridized carbons (Fsp3) is 0.891. The first-order chi connectivity index (χ1) is 28.3. The van der Waals surface area contributed by atoms with Crippen molar-refractivity contribution in [3.8, 4) is 0 Å². The highest BCUT2D eigenvalue weighted by Gasteiger charge is 2.71. The fourth-order valence-corrected chi connectivity index (χ4v) is 13.9. The number of ether oxygens (including phenoxy) is 6. The molecule has 7 rings (SSSR count). The number of aliphatic hydroxyl groups is 6. The van der Waals surface area contributed by atoms with Gasteiger partial charge in [0.1, 0.15) is 24.4 Å². The molecule has 6 N–H and O–H groups in total. The van der Waals surface area contributed by atoms with E-state index in [1.165, 1.54) is 19.4 Å². The van der Waals surface area contributed by atoms with Crippen LogP contribution in [0.5, 0.6) is 0 Å². The van der Waals surface area contributed by atoms with Crippen LogP contribution in [-0.4, -0.2) is 129 Å². The molecule has 0 radical (unpaired) electrons. The number of carbonyl (C=O) groups excluding carboxylic acids is 3. The molecule has 0 unspecified atom stereocenters. The molecule has 6 fully saturated rings. The predicted octanol–water partition coefficient (Wildman–Crippen LogP) is 3.46. The lowest BCUT2D eigenvalue weighted by Gasteiger charge is -2.72. The average Bonchev–Trinajstić information content (AvgIpc) is 3.18. The summed E-state index contributed by atoms with van der Waals surface area (Å²) in [6.45, 7) is 18.8. The van der Waals surface area contributed by atoms with Gasteiger partial charge in [-0.2, -0.15) is 0 Å². The van der Waals surface area contributed by atoms with Crippen LogP contribution in [0.15, 0.2) is 11.6 Å². The van der Waals surface area contributed by atoms with E-state index in [0.29, 0.717) is 25.7 Å². The summed E-state index contributed by atoms with van der Waals surface area (Å²) in [6, 6.07) is 0. The van der Waals surface area contributed by atoms with Crippen LogP contribution in [0.1, 0.15) is 127 Å². The van der Waals surface area contributed by atoms with Gasteiger partial charge >= 0.3 is 17.9 Å². The van der Waals surface area contributed by atoms with Gasteiger partial charge in [-0.3, -0.25) is 14.4 Å². The number of fused-ring (bicyclic) bond motifs is 7. The van der Waals surface area contributed by atoms with E-state index in [0.717, 1.165) is 25.7 Å². The smallest absolute Gasteiger partial charge is 0.314 e. The molecule has 346 valence electrons. The molecule has 7 aliphatic rings. The van der Waals surface area contributed by atoms with E-state index in [9.17, 15) is 45.0 Å². The number of rotatable bonds is 7. The molecule has 2 heterocycles. The Balaban J connectivity index is 1.13. The predicted molar refractivity (Wildman–Crippen MR) is 217 cm³/mol. The minimum atomic E-state index is -1.58. The monoisotopic (exact) mass is 864 g/mol. The Bertz CT molecular complexity index is 1740. The Morgan fingerprint density at radius 1 is 0.705 bits per heavy atom. The maximum absolute atomic E-state index is 14.1. The van der Waals surface area contributed by atoms with Gasteiger partial charge in [-0.15, -0.1) is 0 Å². The van der Waals surface area contributed by atoms with Gasteiger partial charge in [0.15, 0.2) is 18.5 Å². The number of hydrogen-bond acceptors (Lipinski definition) is 15. The van der Waals surface area contributed by atoms with Gasteiger partial charge in [-0.05, 0) is 106 Å². The van der Waals surface area contributed by atoms with Crippen molar-refractivity contribution in [1.29, 1.82) is 0 Å². The molecule has 5 aliphatic carbocycles. The third kappa shape index (κ3) is 7.32. The molecule has 0 amide bonds. The lowest BCUT2D eigenvalue weighted by Crippen LogP contribution is -2.69. The van der Waals surface area contributed by atoms with Crippen molar-refractivity contribution in [3.63, 3.8) is 0 Å². The molecule has 2 aliphatic heterocycles. The summed E-state index contributed by atoms with van der Waals surface area (Å²) in [5.41, 5.74) is -1.61. The summed E-state index contributed by atoms with van der Waals surface area (Å²) in [4.78, 5) is 38.0. The van der Waals surface area contributed by atoms with Crippen molar-refractivity contribution in [2.45, 2.75) is 201 Å². The fourth-order valence-electron chi connectivity index (χ4n) is 13.9. The van der Waals surface area contributed by atoms with Crippen LogP contribution in [0.4, 0.5) is 0 Å². The SMILES string of the molecule is CC(=O)O[C@@H]1[C@@H](OC(C)=O)[C@@H](O)[C@H](OC[C@]2(C)[C@@H](O)C[C@H](O)[C@@]3(C)[C@H]2CC[C@]2(C)[C@H]3CC=C3[C@@H]4C[C@](C)(C(=O)O[C@@H]5O[C@@H](C)[C@H](O)[C@@H](O)[C@H]5O)CC[C@]4(C)CC[C@]32C)O[C@H]1C. The quantitative estimate of drug-likeness (QED) is 0.122. The molecule has 15 heteroatoms. The minimum Gasteiger partial charge on any atom is -0.456 e. The zero-order valence-corrected chi connectivity index (χ0v) is 37.7. The summed E-state index contributed by atoms with van der Waals surface area (Å²) in [5.74, 6) is -1.86. The number of aliphatic hydroxyl groups excluding tert-OH is 6. The molecular formula is C46H72O15. The Hall–Kier alpha value is -2.21. The van der Waals surface area contributed by atoms with Gasteiger partial charge in [0.2, 0.25) is 6.29 Å².